The van der Waals surface area contributed by atoms with Gasteiger partial charge in [0.2, 0.25) is 0 Å². The summed E-state index contributed by atoms with van der Waals surface area (Å²) in [6.45, 7) is 3.94. The number of aliphatic carboxylic acids is 1. The lowest BCUT2D eigenvalue weighted by Crippen LogP contribution is -2.29. The van der Waals surface area contributed by atoms with Crippen LogP contribution in [0.4, 0.5) is 0 Å². The van der Waals surface area contributed by atoms with Crippen molar-refractivity contribution in [3.63, 3.8) is 0 Å². The summed E-state index contributed by atoms with van der Waals surface area (Å²) in [7, 11) is 0. The summed E-state index contributed by atoms with van der Waals surface area (Å²) >= 11 is 1.46. The number of hydrogen-bond donors (Lipinski definition) is 1. The van der Waals surface area contributed by atoms with Crippen molar-refractivity contribution in [2.75, 3.05) is 5.75 Å². The van der Waals surface area contributed by atoms with Gasteiger partial charge in [0, 0.05) is 11.8 Å². The van der Waals surface area contributed by atoms with E-state index in [4.69, 9.17) is 5.11 Å². The van der Waals surface area contributed by atoms with E-state index in [2.05, 4.69) is 0 Å². The number of pyridine rings is 1. The topological polar surface area (TPSA) is 59.3 Å². The highest BCUT2D eigenvalue weighted by atomic mass is 32.2. The van der Waals surface area contributed by atoms with Gasteiger partial charge in [-0.15, -0.1) is 11.8 Å². The maximum Gasteiger partial charge on any atom is 0.327 e. The van der Waals surface area contributed by atoms with Gasteiger partial charge in [0.05, 0.1) is 5.03 Å². The molecule has 0 fully saturated rings. The Morgan fingerprint density at radius 1 is 1.69 bits per heavy atom. The number of carbonyl (C=O) groups is 1. The Bertz CT molecular complexity index is 507. The number of aryl methyl sites for hydroxylation is 1. The lowest BCUT2D eigenvalue weighted by molar-refractivity contribution is -0.140. The van der Waals surface area contributed by atoms with E-state index < -0.39 is 12.0 Å². The Labute approximate surface area is 97.3 Å². The van der Waals surface area contributed by atoms with Crippen molar-refractivity contribution in [2.24, 2.45) is 0 Å². The number of carboxylic acids is 1. The van der Waals surface area contributed by atoms with Crippen LogP contribution in [0.1, 0.15) is 24.1 Å². The molecule has 2 rings (SSSR count). The van der Waals surface area contributed by atoms with Crippen LogP contribution in [-0.4, -0.2) is 21.4 Å². The second-order valence-electron chi connectivity index (χ2n) is 3.83. The Balaban J connectivity index is 2.66. The molecule has 0 saturated heterocycles. The number of hydrogen-bond acceptors (Lipinski definition) is 3. The third-order valence-electron chi connectivity index (χ3n) is 2.91. The summed E-state index contributed by atoms with van der Waals surface area (Å²) in [5.74, 6) is -0.490. The fourth-order valence-electron chi connectivity index (χ4n) is 2.00. The molecule has 0 aromatic carbocycles. The Morgan fingerprint density at radius 3 is 2.94 bits per heavy atom. The molecule has 1 aromatic rings. The molecule has 1 aliphatic heterocycles. The number of carboxylic acid groups (broad SMARTS) is 1. The predicted octanol–water partition coefficient (Wildman–Crippen LogP) is 1.45. The molecular weight excluding hydrogens is 226 g/mol. The molecule has 16 heavy (non-hydrogen) atoms. The first-order valence-corrected chi connectivity index (χ1v) is 6.15. The fourth-order valence-corrected chi connectivity index (χ4v) is 3.31. The van der Waals surface area contributed by atoms with Crippen molar-refractivity contribution in [1.29, 1.82) is 0 Å². The number of rotatable bonds is 2. The normalized spacial score (nSPS) is 18.5. The summed E-state index contributed by atoms with van der Waals surface area (Å²) < 4.78 is 1.40. The number of thioether (sulfide) groups is 1. The molecule has 1 unspecified atom stereocenters. The largest absolute Gasteiger partial charge is 0.480 e. The molecule has 4 nitrogen and oxygen atoms in total. The maximum absolute atomic E-state index is 11.8. The zero-order chi connectivity index (χ0) is 11.9. The first kappa shape index (κ1) is 11.3. The molecule has 1 aromatic heterocycles. The van der Waals surface area contributed by atoms with Gasteiger partial charge >= 0.3 is 5.97 Å². The number of nitrogens with zero attached hydrogens (tertiary/aromatic N) is 1. The molecule has 0 bridgehead atoms. The van der Waals surface area contributed by atoms with E-state index in [9.17, 15) is 9.59 Å². The van der Waals surface area contributed by atoms with E-state index in [0.717, 1.165) is 22.6 Å². The van der Waals surface area contributed by atoms with Crippen molar-refractivity contribution in [3.8, 4) is 0 Å². The Hall–Kier alpha value is -1.23. The van der Waals surface area contributed by atoms with Crippen molar-refractivity contribution in [1.82, 2.24) is 4.57 Å². The van der Waals surface area contributed by atoms with Gasteiger partial charge in [-0.1, -0.05) is 6.92 Å². The van der Waals surface area contributed by atoms with Crippen molar-refractivity contribution >= 4 is 17.7 Å². The van der Waals surface area contributed by atoms with E-state index in [1.807, 2.05) is 13.8 Å². The van der Waals surface area contributed by atoms with E-state index in [1.165, 1.54) is 16.3 Å². The molecule has 5 heteroatoms. The average molecular weight is 239 g/mol. The molecule has 1 aliphatic rings. The van der Waals surface area contributed by atoms with Gasteiger partial charge in [-0.25, -0.2) is 4.79 Å². The molecule has 1 N–H and O–H groups in total. The third kappa shape index (κ3) is 1.55. The quantitative estimate of drug-likeness (QED) is 0.848. The van der Waals surface area contributed by atoms with Gasteiger partial charge in [0.25, 0.3) is 5.56 Å². The zero-order valence-corrected chi connectivity index (χ0v) is 10.0. The van der Waals surface area contributed by atoms with Gasteiger partial charge in [-0.05, 0) is 24.5 Å². The minimum absolute atomic E-state index is 0.199. The summed E-state index contributed by atoms with van der Waals surface area (Å²) in [6, 6.07) is 0.845. The van der Waals surface area contributed by atoms with E-state index in [1.54, 1.807) is 6.07 Å². The average Bonchev–Trinajstić information content (AvgIpc) is 2.68. The van der Waals surface area contributed by atoms with E-state index >= 15 is 0 Å². The summed E-state index contributed by atoms with van der Waals surface area (Å²) in [6.07, 6.45) is 0.799. The smallest absolute Gasteiger partial charge is 0.327 e. The number of aromatic nitrogens is 1. The summed E-state index contributed by atoms with van der Waals surface area (Å²) in [5, 5.41) is 9.85. The summed E-state index contributed by atoms with van der Waals surface area (Å²) in [5.41, 5.74) is 1.85. The predicted molar refractivity (Wildman–Crippen MR) is 62.2 cm³/mol. The molecule has 0 saturated carbocycles. The van der Waals surface area contributed by atoms with Crippen LogP contribution in [0.3, 0.4) is 0 Å². The lowest BCUT2D eigenvalue weighted by atomic mass is 10.1. The second-order valence-corrected chi connectivity index (χ2v) is 4.84. The SMILES string of the molecule is CCc1cc(=O)n2c(c1C)SCC2C(=O)O. The van der Waals surface area contributed by atoms with Crippen LogP contribution in [0.5, 0.6) is 0 Å². The second kappa shape index (κ2) is 3.97. The zero-order valence-electron chi connectivity index (χ0n) is 9.19. The highest BCUT2D eigenvalue weighted by Crippen LogP contribution is 2.35. The van der Waals surface area contributed by atoms with Crippen LogP contribution in [-0.2, 0) is 11.2 Å². The van der Waals surface area contributed by atoms with Gasteiger partial charge in [-0.3, -0.25) is 9.36 Å². The number of fused-ring (bicyclic) bond motifs is 1. The first-order valence-electron chi connectivity index (χ1n) is 5.17. The van der Waals surface area contributed by atoms with Crippen molar-refractivity contribution in [2.45, 2.75) is 31.3 Å². The Kier molecular flexibility index (Phi) is 2.80. The van der Waals surface area contributed by atoms with Gasteiger partial charge in [0.15, 0.2) is 0 Å². The molecular formula is C11H13NO3S. The standard InChI is InChI=1S/C11H13NO3S/c1-3-7-4-9(13)12-8(11(14)15)5-16-10(12)6(7)2/h4,8H,3,5H2,1-2H3,(H,14,15). The molecule has 86 valence electrons. The highest BCUT2D eigenvalue weighted by molar-refractivity contribution is 7.99. The minimum Gasteiger partial charge on any atom is -0.480 e. The molecule has 2 heterocycles. The molecule has 0 amide bonds. The van der Waals surface area contributed by atoms with Crippen LogP contribution < -0.4 is 5.56 Å². The minimum atomic E-state index is -0.933. The van der Waals surface area contributed by atoms with Gasteiger partial charge in [-0.2, -0.15) is 0 Å². The van der Waals surface area contributed by atoms with E-state index in [0.29, 0.717) is 5.75 Å². The lowest BCUT2D eigenvalue weighted by Gasteiger charge is -2.12. The van der Waals surface area contributed by atoms with Crippen molar-refractivity contribution in [3.05, 3.63) is 27.5 Å². The van der Waals surface area contributed by atoms with Crippen LogP contribution in [0.15, 0.2) is 15.9 Å². The highest BCUT2D eigenvalue weighted by Gasteiger charge is 2.31. The van der Waals surface area contributed by atoms with Crippen LogP contribution in [0.2, 0.25) is 0 Å². The summed E-state index contributed by atoms with van der Waals surface area (Å²) in [4.78, 5) is 22.9. The molecule has 0 radical (unpaired) electrons. The van der Waals surface area contributed by atoms with Gasteiger partial charge < -0.3 is 5.11 Å². The first-order chi connectivity index (χ1) is 7.56. The van der Waals surface area contributed by atoms with E-state index in [-0.39, 0.29) is 5.56 Å². The Morgan fingerprint density at radius 2 is 2.38 bits per heavy atom. The van der Waals surface area contributed by atoms with Crippen molar-refractivity contribution < 1.29 is 9.90 Å². The maximum atomic E-state index is 11.8. The monoisotopic (exact) mass is 239 g/mol. The third-order valence-corrected chi connectivity index (χ3v) is 4.17. The van der Waals surface area contributed by atoms with Crippen LogP contribution in [0, 0.1) is 6.92 Å². The molecule has 0 spiro atoms. The fraction of sp³-hybridized carbons (Fsp3) is 0.455. The van der Waals surface area contributed by atoms with Crippen LogP contribution >= 0.6 is 11.8 Å². The van der Waals surface area contributed by atoms with Gasteiger partial charge in [0.1, 0.15) is 6.04 Å². The molecule has 0 aliphatic carbocycles. The molecule has 1 atom stereocenters. The van der Waals surface area contributed by atoms with Crippen LogP contribution in [0.25, 0.3) is 0 Å².